The number of carboxylic acid groups (broad SMARTS) is 1. The summed E-state index contributed by atoms with van der Waals surface area (Å²) in [4.78, 5) is 51.3. The van der Waals surface area contributed by atoms with Gasteiger partial charge in [0.05, 0.1) is 11.8 Å². The Morgan fingerprint density at radius 3 is 2.25 bits per heavy atom. The highest BCUT2D eigenvalue weighted by Crippen LogP contribution is 2.76. The number of hydrogen-bond acceptors (Lipinski definition) is 6. The van der Waals surface area contributed by atoms with Crippen molar-refractivity contribution in [1.82, 2.24) is 0 Å². The zero-order chi connectivity index (χ0) is 35.7. The van der Waals surface area contributed by atoms with Crippen molar-refractivity contribution in [2.45, 2.75) is 145 Å². The van der Waals surface area contributed by atoms with Crippen LogP contribution in [0.2, 0.25) is 0 Å². The van der Waals surface area contributed by atoms with E-state index in [1.165, 1.54) is 5.57 Å². The van der Waals surface area contributed by atoms with E-state index >= 15 is 0 Å². The summed E-state index contributed by atoms with van der Waals surface area (Å²) >= 11 is 0. The van der Waals surface area contributed by atoms with E-state index in [1.54, 1.807) is 19.9 Å². The Kier molecular flexibility index (Phi) is 9.63. The Bertz CT molecular complexity index is 1400. The van der Waals surface area contributed by atoms with E-state index < -0.39 is 17.4 Å². The normalized spacial score (nSPS) is 39.1. The maximum absolute atomic E-state index is 13.8. The molecule has 7 heteroatoms. The van der Waals surface area contributed by atoms with Crippen LogP contribution in [0.25, 0.3) is 0 Å². The lowest BCUT2D eigenvalue weighted by Gasteiger charge is -2.72. The predicted octanol–water partition coefficient (Wildman–Crippen LogP) is 8.28. The molecule has 0 aromatic rings. The van der Waals surface area contributed by atoms with E-state index in [2.05, 4.69) is 54.5 Å². The first-order valence-corrected chi connectivity index (χ1v) is 18.7. The number of carbonyl (C=O) groups excluding carboxylic acids is 3. The fourth-order valence-electron chi connectivity index (χ4n) is 12.3. The van der Waals surface area contributed by atoms with Crippen molar-refractivity contribution >= 4 is 23.5 Å². The van der Waals surface area contributed by atoms with Crippen LogP contribution >= 0.6 is 0 Å². The number of allylic oxidation sites excluding steroid dienone is 4. The van der Waals surface area contributed by atoms with Gasteiger partial charge in [0.25, 0.3) is 0 Å². The molecule has 5 aliphatic carbocycles. The number of esters is 1. The first-order valence-electron chi connectivity index (χ1n) is 18.7. The van der Waals surface area contributed by atoms with Crippen molar-refractivity contribution in [2.75, 3.05) is 6.61 Å². The quantitative estimate of drug-likeness (QED) is 0.178. The molecule has 4 saturated carbocycles. The molecule has 4 fully saturated rings. The van der Waals surface area contributed by atoms with E-state index in [4.69, 9.17) is 4.74 Å². The smallest absolute Gasteiger partial charge is 0.309 e. The first-order chi connectivity index (χ1) is 22.2. The van der Waals surface area contributed by atoms with Gasteiger partial charge in [-0.1, -0.05) is 54.5 Å². The molecule has 5 aliphatic rings. The van der Waals surface area contributed by atoms with E-state index in [0.717, 1.165) is 56.9 Å². The number of carbonyl (C=O) groups is 4. The summed E-state index contributed by atoms with van der Waals surface area (Å²) in [5.41, 5.74) is 0.696. The molecular formula is C41H62O7. The summed E-state index contributed by atoms with van der Waals surface area (Å²) in [5.74, 6) is 0.144. The fourth-order valence-corrected chi connectivity index (χ4v) is 12.3. The van der Waals surface area contributed by atoms with Gasteiger partial charge < -0.3 is 14.9 Å². The van der Waals surface area contributed by atoms with Gasteiger partial charge in [0.1, 0.15) is 6.10 Å². The number of fused-ring (bicyclic) bond motifs is 7. The number of carboxylic acids is 1. The van der Waals surface area contributed by atoms with Crippen LogP contribution in [0.4, 0.5) is 0 Å². The molecule has 8 atom stereocenters. The van der Waals surface area contributed by atoms with Crippen molar-refractivity contribution in [3.05, 3.63) is 23.3 Å². The predicted molar refractivity (Wildman–Crippen MR) is 186 cm³/mol. The SMILES string of the molecule is CC(C)C1=C2[C@H]3CC[C@@H]4[C@@]5(C)CC[C@H](OC(=O)CC(C)(C)C(=O)O)C(C)(C)[C@@H]5CC[C@@]4(C)[C@]3(C)CC[C@@]2(/C=C/C(=O)CCCO)CC1=O. The molecule has 268 valence electrons. The minimum atomic E-state index is -1.16. The average molecular weight is 667 g/mol. The van der Waals surface area contributed by atoms with Crippen LogP contribution in [0.1, 0.15) is 139 Å². The van der Waals surface area contributed by atoms with Gasteiger partial charge in [-0.05, 0) is 129 Å². The molecule has 0 amide bonds. The summed E-state index contributed by atoms with van der Waals surface area (Å²) in [6, 6.07) is 0. The summed E-state index contributed by atoms with van der Waals surface area (Å²) in [7, 11) is 0. The first kappa shape index (κ1) is 37.0. The van der Waals surface area contributed by atoms with Crippen molar-refractivity contribution in [3.8, 4) is 0 Å². The fraction of sp³-hybridized carbons (Fsp3) is 0.805. The molecule has 5 rings (SSSR count). The van der Waals surface area contributed by atoms with Crippen molar-refractivity contribution < 1.29 is 34.1 Å². The zero-order valence-corrected chi connectivity index (χ0v) is 31.2. The molecule has 0 aliphatic heterocycles. The third-order valence-corrected chi connectivity index (χ3v) is 15.0. The lowest BCUT2D eigenvalue weighted by Crippen LogP contribution is -2.65. The maximum Gasteiger partial charge on any atom is 0.309 e. The Morgan fingerprint density at radius 2 is 1.62 bits per heavy atom. The van der Waals surface area contributed by atoms with Gasteiger partial charge in [0.15, 0.2) is 11.6 Å². The minimum Gasteiger partial charge on any atom is -0.481 e. The third-order valence-electron chi connectivity index (χ3n) is 15.0. The number of aliphatic carboxylic acids is 1. The van der Waals surface area contributed by atoms with Crippen molar-refractivity contribution in [3.63, 3.8) is 0 Å². The number of hydrogen-bond donors (Lipinski definition) is 2. The van der Waals surface area contributed by atoms with Crippen LogP contribution in [0.5, 0.6) is 0 Å². The molecule has 2 N–H and O–H groups in total. The Morgan fingerprint density at radius 1 is 0.938 bits per heavy atom. The van der Waals surface area contributed by atoms with Crippen molar-refractivity contribution in [2.24, 2.45) is 56.2 Å². The second-order valence-corrected chi connectivity index (χ2v) is 18.7. The van der Waals surface area contributed by atoms with E-state index in [9.17, 15) is 29.4 Å². The van der Waals surface area contributed by atoms with Gasteiger partial charge >= 0.3 is 11.9 Å². The molecule has 0 saturated heterocycles. The van der Waals surface area contributed by atoms with Gasteiger partial charge in [0.2, 0.25) is 0 Å². The molecule has 0 heterocycles. The molecular weight excluding hydrogens is 604 g/mol. The van der Waals surface area contributed by atoms with E-state index in [0.29, 0.717) is 31.1 Å². The molecule has 0 aromatic heterocycles. The Balaban J connectivity index is 1.45. The van der Waals surface area contributed by atoms with Gasteiger partial charge in [0, 0.05) is 30.3 Å². The number of aliphatic hydroxyl groups excluding tert-OH is 1. The van der Waals surface area contributed by atoms with Gasteiger partial charge in [-0.15, -0.1) is 0 Å². The number of Topliss-reactive ketones (excluding diaryl/α,β-unsaturated/α-hetero) is 1. The summed E-state index contributed by atoms with van der Waals surface area (Å²) in [6.07, 6.45) is 12.6. The third kappa shape index (κ3) is 5.66. The van der Waals surface area contributed by atoms with Crippen LogP contribution in [-0.4, -0.2) is 46.4 Å². The number of rotatable bonds is 10. The lowest BCUT2D eigenvalue weighted by atomic mass is 9.33. The highest BCUT2D eigenvalue weighted by molar-refractivity contribution is 6.01. The largest absolute Gasteiger partial charge is 0.481 e. The molecule has 48 heavy (non-hydrogen) atoms. The summed E-state index contributed by atoms with van der Waals surface area (Å²) < 4.78 is 6.13. The topological polar surface area (TPSA) is 118 Å². The number of ether oxygens (including phenoxy) is 1. The molecule has 0 unspecified atom stereocenters. The standard InChI is InChI=1S/C41H62O7/c1-25(2)33-28(44)23-41(19-14-26(43)11-10-22-42)21-20-39(8)27(34(33)41)12-13-30-38(7)17-16-31(48-32(45)24-36(3,4)35(46)47)37(5,6)29(38)15-18-40(30,39)9/h14,19,25,27,29-31,42H,10-13,15-18,20-24H2,1-9H3,(H,46,47)/b19-14+/t27-,29+,30-,31+,38+,39-,40-,41+/m1/s1. The Hall–Kier alpha value is -2.28. The second kappa shape index (κ2) is 12.5. The second-order valence-electron chi connectivity index (χ2n) is 18.7. The summed E-state index contributed by atoms with van der Waals surface area (Å²) in [5, 5.41) is 18.8. The summed E-state index contributed by atoms with van der Waals surface area (Å²) in [6.45, 7) is 19.5. The lowest BCUT2D eigenvalue weighted by molar-refractivity contribution is -0.232. The minimum absolute atomic E-state index is 0.0000614. The molecule has 0 spiro atoms. The van der Waals surface area contributed by atoms with Crippen LogP contribution < -0.4 is 0 Å². The monoisotopic (exact) mass is 666 g/mol. The zero-order valence-electron chi connectivity index (χ0n) is 31.2. The van der Waals surface area contributed by atoms with Gasteiger partial charge in [-0.2, -0.15) is 0 Å². The van der Waals surface area contributed by atoms with Crippen molar-refractivity contribution in [1.29, 1.82) is 0 Å². The van der Waals surface area contributed by atoms with Crippen LogP contribution in [0.15, 0.2) is 23.3 Å². The number of aliphatic hydroxyl groups is 1. The van der Waals surface area contributed by atoms with E-state index in [1.807, 2.05) is 0 Å². The van der Waals surface area contributed by atoms with E-state index in [-0.39, 0.29) is 69.6 Å². The van der Waals surface area contributed by atoms with Crippen LogP contribution in [0, 0.1) is 56.2 Å². The number of ketones is 2. The highest BCUT2D eigenvalue weighted by Gasteiger charge is 2.70. The van der Waals surface area contributed by atoms with Gasteiger partial charge in [-0.25, -0.2) is 0 Å². The maximum atomic E-state index is 13.8. The molecule has 7 nitrogen and oxygen atoms in total. The van der Waals surface area contributed by atoms with Gasteiger partial charge in [-0.3, -0.25) is 19.2 Å². The highest BCUT2D eigenvalue weighted by atomic mass is 16.5. The van der Waals surface area contributed by atoms with Crippen LogP contribution in [-0.2, 0) is 23.9 Å². The molecule has 0 bridgehead atoms. The average Bonchev–Trinajstić information content (AvgIpc) is 3.29. The molecule has 0 aromatic carbocycles. The molecule has 0 radical (unpaired) electrons. The Labute approximate surface area is 288 Å². The van der Waals surface area contributed by atoms with Crippen LogP contribution in [0.3, 0.4) is 0 Å².